The van der Waals surface area contributed by atoms with Gasteiger partial charge in [-0.3, -0.25) is 14.4 Å². The van der Waals surface area contributed by atoms with E-state index in [2.05, 4.69) is 43.6 Å². The van der Waals surface area contributed by atoms with Gasteiger partial charge in [0.1, 0.15) is 5.75 Å². The van der Waals surface area contributed by atoms with Crippen LogP contribution in [-0.2, 0) is 26.2 Å². The molecule has 3 aliphatic heterocycles. The first-order chi connectivity index (χ1) is 26.5. The lowest BCUT2D eigenvalue weighted by atomic mass is 9.81. The Morgan fingerprint density at radius 3 is 2.36 bits per heavy atom. The number of amides is 3. The summed E-state index contributed by atoms with van der Waals surface area (Å²) in [5, 5.41) is 3.75. The second-order valence-electron chi connectivity index (χ2n) is 17.0. The smallest absolute Gasteiger partial charge is 0.264 e. The molecule has 3 aliphatic carbocycles. The number of para-hydroxylation sites is 1. The molecular formula is C43H47N5O6S. The van der Waals surface area contributed by atoms with Crippen molar-refractivity contribution in [1.29, 1.82) is 0 Å². The number of hydrogen-bond donors (Lipinski definition) is 2. The largest absolute Gasteiger partial charge is 0.497 e. The molecule has 4 unspecified atom stereocenters. The summed E-state index contributed by atoms with van der Waals surface area (Å²) in [6, 6.07) is 20.9. The number of nitrogens with zero attached hydrogens (tertiary/aromatic N) is 3. The Balaban J connectivity index is 1.06. The molecule has 4 aromatic rings. The van der Waals surface area contributed by atoms with Gasteiger partial charge in [-0.05, 0) is 105 Å². The molecule has 5 fully saturated rings. The van der Waals surface area contributed by atoms with E-state index in [9.17, 15) is 22.8 Å². The van der Waals surface area contributed by atoms with Gasteiger partial charge in [0.05, 0.1) is 18.2 Å². The van der Waals surface area contributed by atoms with E-state index < -0.39 is 32.0 Å². The maximum absolute atomic E-state index is 14.9. The third kappa shape index (κ3) is 5.30. The van der Waals surface area contributed by atoms with Gasteiger partial charge in [0.25, 0.3) is 5.91 Å². The summed E-state index contributed by atoms with van der Waals surface area (Å²) >= 11 is 0. The molecular weight excluding hydrogens is 715 g/mol. The van der Waals surface area contributed by atoms with Crippen LogP contribution < -0.4 is 14.8 Å². The van der Waals surface area contributed by atoms with Crippen LogP contribution in [0.3, 0.4) is 0 Å². The lowest BCUT2D eigenvalue weighted by molar-refractivity contribution is -0.159. The predicted molar refractivity (Wildman–Crippen MR) is 210 cm³/mol. The van der Waals surface area contributed by atoms with Crippen LogP contribution in [0.4, 0.5) is 5.69 Å². The lowest BCUT2D eigenvalue weighted by Crippen LogP contribution is -2.70. The monoisotopic (exact) mass is 761 g/mol. The summed E-state index contributed by atoms with van der Waals surface area (Å²) in [7, 11) is -0.569. The highest BCUT2D eigenvalue weighted by atomic mass is 32.2. The van der Waals surface area contributed by atoms with Crippen molar-refractivity contribution in [1.82, 2.24) is 19.1 Å². The maximum atomic E-state index is 14.9. The number of aromatic nitrogens is 1. The Kier molecular flexibility index (Phi) is 7.85. The molecule has 10 rings (SSSR count). The van der Waals surface area contributed by atoms with Crippen molar-refractivity contribution in [3.8, 4) is 17.0 Å². The van der Waals surface area contributed by atoms with E-state index in [0.29, 0.717) is 18.2 Å². The van der Waals surface area contributed by atoms with Gasteiger partial charge >= 0.3 is 0 Å². The SMILES string of the molecule is COc1ccc2c(c1)C1CC1(C(=O)N1C3CC1CN(C)C3)Cn1c-2c(C2CCCCC2)c2ccc(C(=O)NS(=O)(=O)C3(C(=O)Nc4ccccc4)CC3)cc21. The second-order valence-corrected chi connectivity index (χ2v) is 19.0. The van der Waals surface area contributed by atoms with Crippen LogP contribution in [0.25, 0.3) is 22.2 Å². The molecule has 6 aliphatic rings. The molecule has 3 aromatic carbocycles. The molecule has 286 valence electrons. The zero-order valence-electron chi connectivity index (χ0n) is 31.3. The van der Waals surface area contributed by atoms with Crippen LogP contribution in [-0.4, -0.2) is 84.6 Å². The molecule has 3 amide bonds. The van der Waals surface area contributed by atoms with E-state index in [1.807, 2.05) is 18.2 Å². The summed E-state index contributed by atoms with van der Waals surface area (Å²) < 4.78 is 36.2. The number of nitrogens with one attached hydrogen (secondary N) is 2. The van der Waals surface area contributed by atoms with Crippen molar-refractivity contribution in [2.75, 3.05) is 32.6 Å². The van der Waals surface area contributed by atoms with Crippen molar-refractivity contribution in [3.63, 3.8) is 0 Å². The minimum absolute atomic E-state index is 0.0340. The van der Waals surface area contributed by atoms with Crippen LogP contribution in [0.1, 0.15) is 91.1 Å². The number of fused-ring (bicyclic) bond motifs is 9. The number of carbonyl (C=O) groups is 3. The molecule has 1 aromatic heterocycles. The zero-order chi connectivity index (χ0) is 37.9. The molecule has 2 N–H and O–H groups in total. The number of likely N-dealkylation sites (tertiary alicyclic amines) is 2. The molecule has 4 atom stereocenters. The average Bonchev–Trinajstić information content (AvgIpc) is 4.11. The Morgan fingerprint density at radius 1 is 0.909 bits per heavy atom. The van der Waals surface area contributed by atoms with E-state index in [1.54, 1.807) is 43.5 Å². The van der Waals surface area contributed by atoms with Crippen molar-refractivity contribution < 1.29 is 27.5 Å². The maximum Gasteiger partial charge on any atom is 0.264 e. The van der Waals surface area contributed by atoms with Crippen molar-refractivity contribution in [2.45, 2.75) is 93.0 Å². The van der Waals surface area contributed by atoms with E-state index in [0.717, 1.165) is 85.1 Å². The van der Waals surface area contributed by atoms with E-state index >= 15 is 0 Å². The lowest BCUT2D eigenvalue weighted by Gasteiger charge is -2.56. The molecule has 55 heavy (non-hydrogen) atoms. The van der Waals surface area contributed by atoms with Crippen LogP contribution in [0.15, 0.2) is 66.7 Å². The number of sulfonamides is 1. The quantitative estimate of drug-likeness (QED) is 0.226. The standard InChI is InChI=1S/C43H47N5O6S/c1-46-23-29-20-30(24-46)48(29)41(51)42-22-35(42)34-21-31(54-2)14-16-32(34)38-37(26-9-5-3-6-10-26)33-15-13-27(19-36(33)47(38)25-42)39(49)45-55(52,53)43(17-18-43)40(50)44-28-11-7-4-8-12-28/h4,7-8,11-16,19,21,26,29-30,35H,3,5-6,9-10,17-18,20,22-25H2,1-2H3,(H,44,50)(H,45,49). The minimum Gasteiger partial charge on any atom is -0.497 e. The number of carbonyl (C=O) groups excluding carboxylic acids is 3. The second kappa shape index (κ2) is 12.4. The summed E-state index contributed by atoms with van der Waals surface area (Å²) in [6.45, 7) is 2.24. The van der Waals surface area contributed by atoms with Gasteiger partial charge in [0.15, 0.2) is 4.75 Å². The topological polar surface area (TPSA) is 130 Å². The Hall–Kier alpha value is -4.68. The average molecular weight is 762 g/mol. The number of methoxy groups -OCH3 is 1. The van der Waals surface area contributed by atoms with Crippen molar-refractivity contribution in [2.24, 2.45) is 5.41 Å². The van der Waals surface area contributed by atoms with Crippen LogP contribution in [0, 0.1) is 5.41 Å². The van der Waals surface area contributed by atoms with Crippen LogP contribution in [0.5, 0.6) is 5.75 Å². The highest BCUT2D eigenvalue weighted by molar-refractivity contribution is 7.92. The number of likely N-dealkylation sites (N-methyl/N-ethyl adjacent to an activating group) is 1. The molecule has 12 heteroatoms. The summed E-state index contributed by atoms with van der Waals surface area (Å²) in [5.74, 6) is -0.0896. The fourth-order valence-electron chi connectivity index (χ4n) is 10.6. The predicted octanol–water partition coefficient (Wildman–Crippen LogP) is 6.00. The Morgan fingerprint density at radius 2 is 1.65 bits per heavy atom. The molecule has 11 nitrogen and oxygen atoms in total. The van der Waals surface area contributed by atoms with Gasteiger partial charge in [-0.25, -0.2) is 13.1 Å². The van der Waals surface area contributed by atoms with Crippen LogP contribution >= 0.6 is 0 Å². The van der Waals surface area contributed by atoms with Gasteiger partial charge in [0.2, 0.25) is 21.8 Å². The third-order valence-corrected chi connectivity index (χ3v) is 15.8. The summed E-state index contributed by atoms with van der Waals surface area (Å²) in [4.78, 5) is 46.7. The van der Waals surface area contributed by atoms with E-state index in [1.165, 1.54) is 12.0 Å². The normalized spacial score (nSPS) is 26.4. The number of benzene rings is 3. The summed E-state index contributed by atoms with van der Waals surface area (Å²) in [5.41, 5.74) is 5.47. The number of hydrogen-bond acceptors (Lipinski definition) is 7. The van der Waals surface area contributed by atoms with Gasteiger partial charge in [0, 0.05) is 65.4 Å². The third-order valence-electron chi connectivity index (χ3n) is 13.7. The zero-order valence-corrected chi connectivity index (χ0v) is 32.2. The van der Waals surface area contributed by atoms with Gasteiger partial charge in [-0.15, -0.1) is 0 Å². The van der Waals surface area contributed by atoms with Gasteiger partial charge in [-0.2, -0.15) is 0 Å². The van der Waals surface area contributed by atoms with Crippen molar-refractivity contribution >= 4 is 44.3 Å². The Labute approximate surface area is 321 Å². The fourth-order valence-corrected chi connectivity index (χ4v) is 12.1. The first-order valence-corrected chi connectivity index (χ1v) is 21.3. The molecule has 2 saturated heterocycles. The van der Waals surface area contributed by atoms with E-state index in [-0.39, 0.29) is 42.3 Å². The molecule has 0 radical (unpaired) electrons. The molecule has 0 spiro atoms. The fraction of sp³-hybridized carbons (Fsp3) is 0.465. The number of piperidine rings is 1. The Bertz CT molecular complexity index is 2370. The highest BCUT2D eigenvalue weighted by Gasteiger charge is 2.66. The first-order valence-electron chi connectivity index (χ1n) is 19.8. The molecule has 4 heterocycles. The van der Waals surface area contributed by atoms with Crippen molar-refractivity contribution in [3.05, 3.63) is 83.4 Å². The van der Waals surface area contributed by atoms with E-state index in [4.69, 9.17) is 4.74 Å². The number of rotatable bonds is 8. The molecule has 2 bridgehead atoms. The molecule has 3 saturated carbocycles. The van der Waals surface area contributed by atoms with Gasteiger partial charge in [-0.1, -0.05) is 43.5 Å². The highest BCUT2D eigenvalue weighted by Crippen LogP contribution is 2.67. The number of piperazine rings is 1. The van der Waals surface area contributed by atoms with Crippen LogP contribution in [0.2, 0.25) is 0 Å². The number of ether oxygens (including phenoxy) is 1. The first kappa shape index (κ1) is 34.8. The van der Waals surface area contributed by atoms with Gasteiger partial charge < -0.3 is 24.4 Å². The summed E-state index contributed by atoms with van der Waals surface area (Å²) in [6.07, 6.45) is 7.63. The number of anilines is 1. The minimum atomic E-state index is -4.37.